The summed E-state index contributed by atoms with van der Waals surface area (Å²) < 4.78 is 1.06. The molecule has 0 aromatic heterocycles. The molecule has 0 fully saturated rings. The molecule has 112 valence electrons. The molecule has 3 heteroatoms. The molecule has 0 spiro atoms. The van der Waals surface area contributed by atoms with E-state index in [0.29, 0.717) is 0 Å². The molecule has 1 atom stereocenters. The molecule has 1 N–H and O–H groups in total. The highest BCUT2D eigenvalue weighted by Crippen LogP contribution is 2.29. The predicted octanol–water partition coefficient (Wildman–Crippen LogP) is 5.69. The molecule has 1 unspecified atom stereocenters. The number of rotatable bonds is 6. The molecule has 0 aliphatic rings. The molecule has 1 nitrogen and oxygen atoms in total. The van der Waals surface area contributed by atoms with Gasteiger partial charge in [-0.3, -0.25) is 0 Å². The molecule has 2 aromatic carbocycles. The summed E-state index contributed by atoms with van der Waals surface area (Å²) in [5.41, 5.74) is 3.78. The number of halogens is 2. The monoisotopic (exact) mass is 365 g/mol. The third-order valence-electron chi connectivity index (χ3n) is 3.50. The van der Waals surface area contributed by atoms with Crippen molar-refractivity contribution in [3.63, 3.8) is 0 Å². The summed E-state index contributed by atoms with van der Waals surface area (Å²) in [4.78, 5) is 0. The Kier molecular flexibility index (Phi) is 6.28. The topological polar surface area (TPSA) is 12.0 Å². The Hall–Kier alpha value is -0.830. The Balaban J connectivity index is 2.27. The zero-order chi connectivity index (χ0) is 15.2. The third kappa shape index (κ3) is 4.84. The fourth-order valence-electron chi connectivity index (χ4n) is 2.47. The van der Waals surface area contributed by atoms with Gasteiger partial charge in [0, 0.05) is 15.5 Å². The minimum Gasteiger partial charge on any atom is -0.310 e. The van der Waals surface area contributed by atoms with E-state index in [2.05, 4.69) is 65.4 Å². The van der Waals surface area contributed by atoms with Gasteiger partial charge in [0.2, 0.25) is 0 Å². The molecule has 2 rings (SSSR count). The second-order valence-corrected chi connectivity index (χ2v) is 6.69. The van der Waals surface area contributed by atoms with Gasteiger partial charge in [0.05, 0.1) is 0 Å². The van der Waals surface area contributed by atoms with Crippen molar-refractivity contribution in [2.75, 3.05) is 6.54 Å². The average Bonchev–Trinajstić information content (AvgIpc) is 2.46. The van der Waals surface area contributed by atoms with Gasteiger partial charge in [0.1, 0.15) is 0 Å². The van der Waals surface area contributed by atoms with Crippen LogP contribution in [0.25, 0.3) is 0 Å². The standard InChI is InChI=1S/C18H21BrClN/c1-3-9-21-18(11-14-6-4-5-13(2)10-14)16-12-15(19)7-8-17(16)20/h4-8,10,12,18,21H,3,9,11H2,1-2H3. The molecule has 0 heterocycles. The van der Waals surface area contributed by atoms with Gasteiger partial charge in [-0.2, -0.15) is 0 Å². The van der Waals surface area contributed by atoms with Crippen LogP contribution in [0, 0.1) is 6.92 Å². The maximum absolute atomic E-state index is 6.41. The van der Waals surface area contributed by atoms with E-state index in [1.165, 1.54) is 11.1 Å². The van der Waals surface area contributed by atoms with Crippen molar-refractivity contribution in [1.29, 1.82) is 0 Å². The van der Waals surface area contributed by atoms with Crippen LogP contribution in [0.15, 0.2) is 46.9 Å². The van der Waals surface area contributed by atoms with Crippen LogP contribution >= 0.6 is 27.5 Å². The van der Waals surface area contributed by atoms with Crippen LogP contribution in [0.3, 0.4) is 0 Å². The van der Waals surface area contributed by atoms with Gasteiger partial charge in [-0.1, -0.05) is 64.3 Å². The summed E-state index contributed by atoms with van der Waals surface area (Å²) in [6, 6.07) is 15.0. The average molecular weight is 367 g/mol. The SMILES string of the molecule is CCCNC(Cc1cccc(C)c1)c1cc(Br)ccc1Cl. The molecule has 21 heavy (non-hydrogen) atoms. The summed E-state index contributed by atoms with van der Waals surface area (Å²) in [6.07, 6.45) is 2.05. The number of nitrogens with one attached hydrogen (secondary N) is 1. The lowest BCUT2D eigenvalue weighted by Crippen LogP contribution is -2.24. The zero-order valence-corrected chi connectivity index (χ0v) is 14.8. The second kappa shape index (κ2) is 7.98. The molecule has 0 saturated heterocycles. The lowest BCUT2D eigenvalue weighted by molar-refractivity contribution is 0.529. The quantitative estimate of drug-likeness (QED) is 0.692. The fraction of sp³-hybridized carbons (Fsp3) is 0.333. The molecule has 0 radical (unpaired) electrons. The zero-order valence-electron chi connectivity index (χ0n) is 12.5. The number of aryl methyl sites for hydroxylation is 1. The lowest BCUT2D eigenvalue weighted by Gasteiger charge is -2.21. The van der Waals surface area contributed by atoms with Gasteiger partial charge in [-0.25, -0.2) is 0 Å². The van der Waals surface area contributed by atoms with Crippen molar-refractivity contribution in [2.24, 2.45) is 0 Å². The number of hydrogen-bond acceptors (Lipinski definition) is 1. The van der Waals surface area contributed by atoms with Crippen LogP contribution < -0.4 is 5.32 Å². The van der Waals surface area contributed by atoms with E-state index in [4.69, 9.17) is 11.6 Å². The number of benzene rings is 2. The molecular formula is C18H21BrClN. The van der Waals surface area contributed by atoms with E-state index in [1.54, 1.807) is 0 Å². The maximum Gasteiger partial charge on any atom is 0.0454 e. The fourth-order valence-corrected chi connectivity index (χ4v) is 3.10. The largest absolute Gasteiger partial charge is 0.310 e. The summed E-state index contributed by atoms with van der Waals surface area (Å²) >= 11 is 9.95. The Bertz CT molecular complexity index is 598. The van der Waals surface area contributed by atoms with Crippen LogP contribution in [-0.4, -0.2) is 6.54 Å². The van der Waals surface area contributed by atoms with Crippen molar-refractivity contribution in [3.05, 3.63) is 68.7 Å². The first-order valence-electron chi connectivity index (χ1n) is 7.34. The van der Waals surface area contributed by atoms with E-state index >= 15 is 0 Å². The Labute approximate surface area is 140 Å². The normalized spacial score (nSPS) is 12.4. The highest BCUT2D eigenvalue weighted by Gasteiger charge is 2.15. The van der Waals surface area contributed by atoms with Gasteiger partial charge in [-0.05, 0) is 55.6 Å². The van der Waals surface area contributed by atoms with Gasteiger partial charge >= 0.3 is 0 Å². The van der Waals surface area contributed by atoms with Gasteiger partial charge < -0.3 is 5.32 Å². The molecule has 0 saturated carbocycles. The van der Waals surface area contributed by atoms with Gasteiger partial charge in [0.15, 0.2) is 0 Å². The van der Waals surface area contributed by atoms with Crippen molar-refractivity contribution in [1.82, 2.24) is 5.32 Å². The van der Waals surface area contributed by atoms with E-state index in [0.717, 1.165) is 34.4 Å². The Morgan fingerprint density at radius 3 is 2.71 bits per heavy atom. The van der Waals surface area contributed by atoms with E-state index in [1.807, 2.05) is 12.1 Å². The predicted molar refractivity (Wildman–Crippen MR) is 95.1 cm³/mol. The Morgan fingerprint density at radius 2 is 2.00 bits per heavy atom. The molecule has 0 bridgehead atoms. The van der Waals surface area contributed by atoms with E-state index < -0.39 is 0 Å². The summed E-state index contributed by atoms with van der Waals surface area (Å²) in [6.45, 7) is 5.29. The smallest absolute Gasteiger partial charge is 0.0454 e. The summed E-state index contributed by atoms with van der Waals surface area (Å²) in [7, 11) is 0. The maximum atomic E-state index is 6.41. The van der Waals surface area contributed by atoms with E-state index in [-0.39, 0.29) is 6.04 Å². The Morgan fingerprint density at radius 1 is 1.19 bits per heavy atom. The first kappa shape index (κ1) is 16.5. The van der Waals surface area contributed by atoms with Crippen LogP contribution in [0.1, 0.15) is 36.1 Å². The molecule has 0 amide bonds. The minimum atomic E-state index is 0.233. The molecule has 0 aliphatic heterocycles. The van der Waals surface area contributed by atoms with Gasteiger partial charge in [0.25, 0.3) is 0 Å². The molecule has 0 aliphatic carbocycles. The summed E-state index contributed by atoms with van der Waals surface area (Å²) in [5.74, 6) is 0. The van der Waals surface area contributed by atoms with Crippen molar-refractivity contribution in [3.8, 4) is 0 Å². The number of hydrogen-bond donors (Lipinski definition) is 1. The molecule has 2 aromatic rings. The van der Waals surface area contributed by atoms with Crippen LogP contribution in [0.4, 0.5) is 0 Å². The first-order chi connectivity index (χ1) is 10.1. The highest BCUT2D eigenvalue weighted by atomic mass is 79.9. The summed E-state index contributed by atoms with van der Waals surface area (Å²) in [5, 5.41) is 4.44. The lowest BCUT2D eigenvalue weighted by atomic mass is 9.97. The van der Waals surface area contributed by atoms with Crippen LogP contribution in [0.5, 0.6) is 0 Å². The van der Waals surface area contributed by atoms with Crippen molar-refractivity contribution in [2.45, 2.75) is 32.7 Å². The van der Waals surface area contributed by atoms with Gasteiger partial charge in [-0.15, -0.1) is 0 Å². The van der Waals surface area contributed by atoms with Crippen LogP contribution in [0.2, 0.25) is 5.02 Å². The second-order valence-electron chi connectivity index (χ2n) is 5.37. The van der Waals surface area contributed by atoms with Crippen molar-refractivity contribution < 1.29 is 0 Å². The first-order valence-corrected chi connectivity index (χ1v) is 8.51. The molecular weight excluding hydrogens is 346 g/mol. The minimum absolute atomic E-state index is 0.233. The third-order valence-corrected chi connectivity index (χ3v) is 4.33. The van der Waals surface area contributed by atoms with Crippen molar-refractivity contribution >= 4 is 27.5 Å². The van der Waals surface area contributed by atoms with E-state index in [9.17, 15) is 0 Å². The van der Waals surface area contributed by atoms with Crippen LogP contribution in [-0.2, 0) is 6.42 Å². The highest BCUT2D eigenvalue weighted by molar-refractivity contribution is 9.10.